The molecule has 158 valence electrons. The molecule has 2 aromatic carbocycles. The lowest BCUT2D eigenvalue weighted by Gasteiger charge is -2.36. The molecular formula is C25H31N3O2. The SMILES string of the molecule is CN(c1ccccc1)c1ccccc1C(=O)N1CCC(C(=O)N2CCCCC2)CC1. The second-order valence-electron chi connectivity index (χ2n) is 8.36. The van der Waals surface area contributed by atoms with E-state index in [1.54, 1.807) is 0 Å². The normalized spacial score (nSPS) is 17.6. The van der Waals surface area contributed by atoms with Crippen LogP contribution in [-0.4, -0.2) is 54.8 Å². The van der Waals surface area contributed by atoms with Crippen LogP contribution in [0.4, 0.5) is 11.4 Å². The predicted molar refractivity (Wildman–Crippen MR) is 120 cm³/mol. The maximum atomic E-state index is 13.3. The van der Waals surface area contributed by atoms with Gasteiger partial charge in [-0.25, -0.2) is 0 Å². The van der Waals surface area contributed by atoms with Gasteiger partial charge in [0.2, 0.25) is 5.91 Å². The molecule has 0 aliphatic carbocycles. The van der Waals surface area contributed by atoms with Crippen LogP contribution in [0.25, 0.3) is 0 Å². The zero-order chi connectivity index (χ0) is 20.9. The van der Waals surface area contributed by atoms with E-state index >= 15 is 0 Å². The molecular weight excluding hydrogens is 374 g/mol. The lowest BCUT2D eigenvalue weighted by molar-refractivity contribution is -0.137. The topological polar surface area (TPSA) is 43.9 Å². The number of hydrogen-bond acceptors (Lipinski definition) is 3. The van der Waals surface area contributed by atoms with Crippen LogP contribution in [0.15, 0.2) is 54.6 Å². The largest absolute Gasteiger partial charge is 0.344 e. The zero-order valence-electron chi connectivity index (χ0n) is 17.8. The van der Waals surface area contributed by atoms with Crippen LogP contribution in [0.3, 0.4) is 0 Å². The first-order valence-electron chi connectivity index (χ1n) is 11.1. The van der Waals surface area contributed by atoms with Crippen LogP contribution < -0.4 is 4.90 Å². The highest BCUT2D eigenvalue weighted by Crippen LogP contribution is 2.29. The molecule has 0 aromatic heterocycles. The third kappa shape index (κ3) is 4.35. The van der Waals surface area contributed by atoms with Crippen LogP contribution in [0.5, 0.6) is 0 Å². The molecule has 2 fully saturated rings. The Labute approximate surface area is 179 Å². The molecule has 0 atom stereocenters. The number of anilines is 2. The lowest BCUT2D eigenvalue weighted by Crippen LogP contribution is -2.45. The van der Waals surface area contributed by atoms with Crippen molar-refractivity contribution in [1.82, 2.24) is 9.80 Å². The summed E-state index contributed by atoms with van der Waals surface area (Å²) < 4.78 is 0. The molecule has 0 bridgehead atoms. The molecule has 0 N–H and O–H groups in total. The highest BCUT2D eigenvalue weighted by molar-refractivity contribution is 6.00. The van der Waals surface area contributed by atoms with Crippen molar-refractivity contribution in [1.29, 1.82) is 0 Å². The Balaban J connectivity index is 1.43. The van der Waals surface area contributed by atoms with Crippen molar-refractivity contribution < 1.29 is 9.59 Å². The molecule has 30 heavy (non-hydrogen) atoms. The summed E-state index contributed by atoms with van der Waals surface area (Å²) in [6.07, 6.45) is 4.99. The van der Waals surface area contributed by atoms with Crippen LogP contribution in [0, 0.1) is 5.92 Å². The van der Waals surface area contributed by atoms with Gasteiger partial charge in [-0.2, -0.15) is 0 Å². The average molecular weight is 406 g/mol. The summed E-state index contributed by atoms with van der Waals surface area (Å²) in [5.41, 5.74) is 2.66. The van der Waals surface area contributed by atoms with Gasteiger partial charge in [0.15, 0.2) is 0 Å². The number of hydrogen-bond donors (Lipinski definition) is 0. The second kappa shape index (κ2) is 9.33. The lowest BCUT2D eigenvalue weighted by atomic mass is 9.93. The van der Waals surface area contributed by atoms with E-state index in [9.17, 15) is 9.59 Å². The molecule has 0 radical (unpaired) electrons. The number of rotatable bonds is 4. The Morgan fingerprint density at radius 3 is 2.13 bits per heavy atom. The Hall–Kier alpha value is -2.82. The molecule has 5 nitrogen and oxygen atoms in total. The van der Waals surface area contributed by atoms with E-state index in [-0.39, 0.29) is 11.8 Å². The van der Waals surface area contributed by atoms with Crippen LogP contribution in [0.1, 0.15) is 42.5 Å². The molecule has 2 aliphatic heterocycles. The van der Waals surface area contributed by atoms with Crippen LogP contribution in [0.2, 0.25) is 0 Å². The molecule has 2 heterocycles. The van der Waals surface area contributed by atoms with Gasteiger partial charge in [-0.3, -0.25) is 9.59 Å². The summed E-state index contributed by atoms with van der Waals surface area (Å²) in [6.45, 7) is 3.09. The van der Waals surface area contributed by atoms with Crippen molar-refractivity contribution in [2.45, 2.75) is 32.1 Å². The van der Waals surface area contributed by atoms with Gasteiger partial charge in [0.25, 0.3) is 5.91 Å². The first-order chi connectivity index (χ1) is 14.6. The van der Waals surface area contributed by atoms with Crippen LogP contribution >= 0.6 is 0 Å². The molecule has 0 unspecified atom stereocenters. The number of likely N-dealkylation sites (tertiary alicyclic amines) is 2. The van der Waals surface area contributed by atoms with Gasteiger partial charge < -0.3 is 14.7 Å². The zero-order valence-corrected chi connectivity index (χ0v) is 17.8. The molecule has 2 aromatic rings. The average Bonchev–Trinajstić information content (AvgIpc) is 2.84. The predicted octanol–water partition coefficient (Wildman–Crippen LogP) is 4.32. The number of piperidine rings is 2. The summed E-state index contributed by atoms with van der Waals surface area (Å²) in [5.74, 6) is 0.414. The highest BCUT2D eigenvalue weighted by atomic mass is 16.2. The Bertz CT molecular complexity index is 869. The van der Waals surface area contributed by atoms with Gasteiger partial charge in [0, 0.05) is 44.8 Å². The molecule has 2 amide bonds. The van der Waals surface area contributed by atoms with Gasteiger partial charge in [-0.15, -0.1) is 0 Å². The third-order valence-electron chi connectivity index (χ3n) is 6.44. The number of carbonyl (C=O) groups excluding carboxylic acids is 2. The quantitative estimate of drug-likeness (QED) is 0.761. The number of nitrogens with zero attached hydrogens (tertiary/aromatic N) is 3. The minimum atomic E-state index is 0.0530. The van der Waals surface area contributed by atoms with Gasteiger partial charge in [-0.1, -0.05) is 30.3 Å². The summed E-state index contributed by atoms with van der Waals surface area (Å²) in [7, 11) is 1.99. The monoisotopic (exact) mass is 405 g/mol. The molecule has 2 aliphatic rings. The van der Waals surface area contributed by atoms with E-state index in [1.807, 2.05) is 71.4 Å². The van der Waals surface area contributed by atoms with Gasteiger partial charge in [-0.05, 0) is 56.4 Å². The van der Waals surface area contributed by atoms with E-state index in [2.05, 4.69) is 4.90 Å². The molecule has 0 spiro atoms. The summed E-state index contributed by atoms with van der Waals surface area (Å²) in [5, 5.41) is 0. The van der Waals surface area contributed by atoms with Gasteiger partial charge in [0.05, 0.1) is 11.3 Å². The fraction of sp³-hybridized carbons (Fsp3) is 0.440. The highest BCUT2D eigenvalue weighted by Gasteiger charge is 2.31. The van der Waals surface area contributed by atoms with Crippen molar-refractivity contribution in [2.24, 2.45) is 5.92 Å². The van der Waals surface area contributed by atoms with Crippen molar-refractivity contribution in [3.05, 3.63) is 60.2 Å². The van der Waals surface area contributed by atoms with Crippen molar-refractivity contribution in [3.63, 3.8) is 0 Å². The molecule has 2 saturated heterocycles. The van der Waals surface area contributed by atoms with E-state index in [4.69, 9.17) is 0 Å². The fourth-order valence-electron chi connectivity index (χ4n) is 4.61. The maximum Gasteiger partial charge on any atom is 0.255 e. The van der Waals surface area contributed by atoms with Gasteiger partial charge in [0.1, 0.15) is 0 Å². The third-order valence-corrected chi connectivity index (χ3v) is 6.44. The Kier molecular flexibility index (Phi) is 6.36. The summed E-state index contributed by atoms with van der Waals surface area (Å²) >= 11 is 0. The molecule has 4 rings (SSSR count). The second-order valence-corrected chi connectivity index (χ2v) is 8.36. The smallest absolute Gasteiger partial charge is 0.255 e. The number of benzene rings is 2. The van der Waals surface area contributed by atoms with E-state index in [0.717, 1.165) is 50.1 Å². The van der Waals surface area contributed by atoms with E-state index in [0.29, 0.717) is 24.6 Å². The Morgan fingerprint density at radius 2 is 1.43 bits per heavy atom. The minimum absolute atomic E-state index is 0.0530. The minimum Gasteiger partial charge on any atom is -0.344 e. The van der Waals surface area contributed by atoms with E-state index < -0.39 is 0 Å². The summed E-state index contributed by atoms with van der Waals surface area (Å²) in [6, 6.07) is 17.9. The number of para-hydroxylation sites is 2. The van der Waals surface area contributed by atoms with Crippen LogP contribution in [-0.2, 0) is 4.79 Å². The van der Waals surface area contributed by atoms with Gasteiger partial charge >= 0.3 is 0 Å². The first kappa shape index (κ1) is 20.5. The molecule has 0 saturated carbocycles. The first-order valence-corrected chi connectivity index (χ1v) is 11.1. The van der Waals surface area contributed by atoms with Crippen molar-refractivity contribution >= 4 is 23.2 Å². The standard InChI is InChI=1S/C25H31N3O2/c1-26(21-10-4-2-5-11-21)23-13-7-6-12-22(23)25(30)28-18-14-20(15-19-28)24(29)27-16-8-3-9-17-27/h2,4-7,10-13,20H,3,8-9,14-19H2,1H3. The molecule has 5 heteroatoms. The maximum absolute atomic E-state index is 13.3. The Morgan fingerprint density at radius 1 is 0.800 bits per heavy atom. The number of carbonyl (C=O) groups is 2. The number of amides is 2. The van der Waals surface area contributed by atoms with Crippen molar-refractivity contribution in [2.75, 3.05) is 38.1 Å². The fourth-order valence-corrected chi connectivity index (χ4v) is 4.61. The van der Waals surface area contributed by atoms with Crippen molar-refractivity contribution in [3.8, 4) is 0 Å². The van der Waals surface area contributed by atoms with E-state index in [1.165, 1.54) is 6.42 Å². The summed E-state index contributed by atoms with van der Waals surface area (Å²) in [4.78, 5) is 32.2.